The fourth-order valence-electron chi connectivity index (χ4n) is 5.72. The van der Waals surface area contributed by atoms with Crippen molar-refractivity contribution in [2.75, 3.05) is 16.3 Å². The van der Waals surface area contributed by atoms with Gasteiger partial charge in [-0.25, -0.2) is 14.1 Å². The molecule has 1 saturated heterocycles. The number of nitrogens with zero attached hydrogens (tertiary/aromatic N) is 2. The number of carbonyl (C=O) groups excluding carboxylic acids is 3. The molecule has 1 fully saturated rings. The van der Waals surface area contributed by atoms with Crippen LogP contribution in [0.1, 0.15) is 41.8 Å². The zero-order chi connectivity index (χ0) is 29.9. The molecule has 2 heterocycles. The molecule has 0 bridgehead atoms. The Morgan fingerprint density at radius 2 is 1.74 bits per heavy atom. The van der Waals surface area contributed by atoms with Crippen molar-refractivity contribution in [3.63, 3.8) is 0 Å². The summed E-state index contributed by atoms with van der Waals surface area (Å²) in [6, 6.07) is 19.5. The van der Waals surface area contributed by atoms with Crippen LogP contribution in [0.15, 0.2) is 72.8 Å². The summed E-state index contributed by atoms with van der Waals surface area (Å²) in [5.41, 5.74) is 10.1. The lowest BCUT2D eigenvalue weighted by molar-refractivity contribution is -0.118. The highest BCUT2D eigenvalue weighted by atomic mass is 19.1. The van der Waals surface area contributed by atoms with Crippen LogP contribution in [0, 0.1) is 12.7 Å². The average molecular weight is 565 g/mol. The van der Waals surface area contributed by atoms with Gasteiger partial charge in [-0.2, -0.15) is 0 Å². The molecule has 0 saturated carbocycles. The van der Waals surface area contributed by atoms with Gasteiger partial charge < -0.3 is 15.8 Å². The number of hydrogen-bond donors (Lipinski definition) is 3. The fourth-order valence-corrected chi connectivity index (χ4v) is 5.72. The lowest BCUT2D eigenvalue weighted by Crippen LogP contribution is -2.53. The second kappa shape index (κ2) is 9.81. The number of fused-ring (bicyclic) bond motifs is 3. The van der Waals surface area contributed by atoms with Gasteiger partial charge in [-0.3, -0.25) is 14.5 Å². The van der Waals surface area contributed by atoms with Crippen LogP contribution in [0.3, 0.4) is 0 Å². The van der Waals surface area contributed by atoms with E-state index in [1.165, 1.54) is 34.1 Å². The van der Waals surface area contributed by atoms with Gasteiger partial charge in [-0.05, 0) is 85.5 Å². The number of nitrogens with one attached hydrogen (secondary N) is 1. The molecule has 0 atom stereocenters. The maximum Gasteiger partial charge on any atom is 0.335 e. The first-order chi connectivity index (χ1) is 20.0. The van der Waals surface area contributed by atoms with E-state index < -0.39 is 23.4 Å². The van der Waals surface area contributed by atoms with Gasteiger partial charge in [0, 0.05) is 34.9 Å². The summed E-state index contributed by atoms with van der Waals surface area (Å²) >= 11 is 0. The van der Waals surface area contributed by atoms with Gasteiger partial charge >= 0.3 is 6.03 Å². The van der Waals surface area contributed by atoms with Crippen molar-refractivity contribution in [3.05, 3.63) is 95.3 Å². The standard InChI is InChI=1S/C33H29FN4O4/c1-18-22(5-4-6-27(18)38-28(39)15-16-37(32(38)41)21-10-8-20(34)9-11-21)23-13-14-25(31(35)40)30-29(23)24-12-7-19(33(2,3)42)17-26(24)36-30/h4-14,17,36,42H,15-16H2,1-3H3,(H2,35,40). The van der Waals surface area contributed by atoms with E-state index >= 15 is 0 Å². The molecule has 0 aliphatic carbocycles. The van der Waals surface area contributed by atoms with E-state index in [0.717, 1.165) is 27.4 Å². The number of imide groups is 1. The molecule has 0 spiro atoms. The molecule has 4 amide bonds. The molecule has 4 aromatic carbocycles. The van der Waals surface area contributed by atoms with Crippen LogP contribution in [-0.4, -0.2) is 34.5 Å². The molecule has 1 aliphatic rings. The number of nitrogens with two attached hydrogens (primary N) is 1. The Hall–Kier alpha value is -5.02. The predicted octanol–water partition coefficient (Wildman–Crippen LogP) is 6.13. The van der Waals surface area contributed by atoms with Gasteiger partial charge in [-0.15, -0.1) is 0 Å². The second-order valence-corrected chi connectivity index (χ2v) is 11.1. The number of carbonyl (C=O) groups is 3. The number of urea groups is 1. The molecule has 4 N–H and O–H groups in total. The molecule has 0 unspecified atom stereocenters. The van der Waals surface area contributed by atoms with Crippen molar-refractivity contribution in [3.8, 4) is 11.1 Å². The van der Waals surface area contributed by atoms with Gasteiger partial charge in [0.05, 0.1) is 22.4 Å². The highest BCUT2D eigenvalue weighted by molar-refractivity contribution is 6.23. The first kappa shape index (κ1) is 27.2. The summed E-state index contributed by atoms with van der Waals surface area (Å²) in [5.74, 6) is -1.34. The number of benzene rings is 4. The number of halogens is 1. The minimum absolute atomic E-state index is 0.107. The van der Waals surface area contributed by atoms with Crippen LogP contribution >= 0.6 is 0 Å². The maximum atomic E-state index is 13.7. The number of primary amides is 1. The Morgan fingerprint density at radius 1 is 1.00 bits per heavy atom. The quantitative estimate of drug-likeness (QED) is 0.238. The Bertz CT molecular complexity index is 1920. The number of amides is 4. The Balaban J connectivity index is 1.52. The largest absolute Gasteiger partial charge is 0.386 e. The van der Waals surface area contributed by atoms with E-state index in [1.54, 1.807) is 32.0 Å². The van der Waals surface area contributed by atoms with E-state index in [4.69, 9.17) is 5.73 Å². The van der Waals surface area contributed by atoms with E-state index in [2.05, 4.69) is 4.98 Å². The van der Waals surface area contributed by atoms with Crippen molar-refractivity contribution >= 4 is 51.0 Å². The van der Waals surface area contributed by atoms with Gasteiger partial charge in [0.25, 0.3) is 5.91 Å². The summed E-state index contributed by atoms with van der Waals surface area (Å²) in [5, 5.41) is 12.2. The second-order valence-electron chi connectivity index (χ2n) is 11.1. The predicted molar refractivity (Wildman–Crippen MR) is 161 cm³/mol. The molecule has 212 valence electrons. The van der Waals surface area contributed by atoms with Gasteiger partial charge in [0.15, 0.2) is 0 Å². The summed E-state index contributed by atoms with van der Waals surface area (Å²) in [7, 11) is 0. The highest BCUT2D eigenvalue weighted by Crippen LogP contribution is 2.41. The van der Waals surface area contributed by atoms with Gasteiger partial charge in [0.2, 0.25) is 5.91 Å². The monoisotopic (exact) mass is 564 g/mol. The number of H-pyrrole nitrogens is 1. The molecule has 42 heavy (non-hydrogen) atoms. The van der Waals surface area contributed by atoms with E-state index in [-0.39, 0.29) is 18.9 Å². The van der Waals surface area contributed by atoms with Crippen LogP contribution in [-0.2, 0) is 10.4 Å². The van der Waals surface area contributed by atoms with E-state index in [1.807, 2.05) is 37.3 Å². The van der Waals surface area contributed by atoms with Crippen LogP contribution in [0.25, 0.3) is 32.9 Å². The number of hydrogen-bond acceptors (Lipinski definition) is 4. The number of aromatic nitrogens is 1. The Morgan fingerprint density at radius 3 is 2.43 bits per heavy atom. The lowest BCUT2D eigenvalue weighted by atomic mass is 9.92. The zero-order valence-corrected chi connectivity index (χ0v) is 23.4. The van der Waals surface area contributed by atoms with E-state index in [0.29, 0.717) is 33.6 Å². The maximum absolute atomic E-state index is 13.7. The third-order valence-corrected chi connectivity index (χ3v) is 7.92. The van der Waals surface area contributed by atoms with Crippen LogP contribution in [0.2, 0.25) is 0 Å². The molecular weight excluding hydrogens is 535 g/mol. The molecule has 0 radical (unpaired) electrons. The molecule has 8 nitrogen and oxygen atoms in total. The first-order valence-electron chi connectivity index (χ1n) is 13.6. The van der Waals surface area contributed by atoms with Crippen LogP contribution in [0.5, 0.6) is 0 Å². The molecule has 1 aromatic heterocycles. The molecule has 5 aromatic rings. The van der Waals surface area contributed by atoms with Crippen LogP contribution in [0.4, 0.5) is 20.6 Å². The van der Waals surface area contributed by atoms with E-state index in [9.17, 15) is 23.9 Å². The highest BCUT2D eigenvalue weighted by Gasteiger charge is 2.35. The van der Waals surface area contributed by atoms with Crippen molar-refractivity contribution < 1.29 is 23.9 Å². The summed E-state index contributed by atoms with van der Waals surface area (Å²) in [6.45, 7) is 5.44. The van der Waals surface area contributed by atoms with Crippen LogP contribution < -0.4 is 15.5 Å². The summed E-state index contributed by atoms with van der Waals surface area (Å²) in [6.07, 6.45) is 0.107. The molecule has 1 aliphatic heterocycles. The number of aromatic amines is 1. The third-order valence-electron chi connectivity index (χ3n) is 7.92. The van der Waals surface area contributed by atoms with Gasteiger partial charge in [-0.1, -0.05) is 30.3 Å². The fraction of sp³-hybridized carbons (Fsp3) is 0.182. The van der Waals surface area contributed by atoms with Crippen molar-refractivity contribution in [2.24, 2.45) is 5.73 Å². The SMILES string of the molecule is Cc1c(-c2ccc(C(N)=O)c3[nH]c4cc(C(C)(C)O)ccc4c23)cccc1N1C(=O)CCN(c2ccc(F)cc2)C1=O. The normalized spacial score (nSPS) is 14.3. The van der Waals surface area contributed by atoms with Crippen molar-refractivity contribution in [2.45, 2.75) is 32.8 Å². The topological polar surface area (TPSA) is 120 Å². The minimum atomic E-state index is -1.07. The van der Waals surface area contributed by atoms with Crippen molar-refractivity contribution in [1.82, 2.24) is 4.98 Å². The Kier molecular flexibility index (Phi) is 6.35. The lowest BCUT2D eigenvalue weighted by Gasteiger charge is -2.35. The molecule has 9 heteroatoms. The molecule has 6 rings (SSSR count). The smallest absolute Gasteiger partial charge is 0.335 e. The minimum Gasteiger partial charge on any atom is -0.386 e. The molecular formula is C33H29FN4O4. The zero-order valence-electron chi connectivity index (χ0n) is 23.4. The summed E-state index contributed by atoms with van der Waals surface area (Å²) < 4.78 is 13.5. The average Bonchev–Trinajstić information content (AvgIpc) is 3.33. The van der Waals surface area contributed by atoms with Crippen molar-refractivity contribution in [1.29, 1.82) is 0 Å². The number of rotatable bonds is 5. The van der Waals surface area contributed by atoms with Gasteiger partial charge in [0.1, 0.15) is 5.82 Å². The number of aliphatic hydroxyl groups is 1. The number of anilines is 2. The first-order valence-corrected chi connectivity index (χ1v) is 13.6. The third kappa shape index (κ3) is 4.38. The summed E-state index contributed by atoms with van der Waals surface area (Å²) in [4.78, 5) is 45.2. The Labute approximate surface area is 241 Å².